The molecule has 0 saturated carbocycles. The molecule has 0 bridgehead atoms. The summed E-state index contributed by atoms with van der Waals surface area (Å²) in [6, 6.07) is 12.0. The van der Waals surface area contributed by atoms with Gasteiger partial charge in [0.15, 0.2) is 9.84 Å². The molecule has 1 unspecified atom stereocenters. The molecule has 0 aliphatic carbocycles. The van der Waals surface area contributed by atoms with Crippen LogP contribution >= 0.6 is 0 Å². The molecule has 0 fully saturated rings. The van der Waals surface area contributed by atoms with Crippen LogP contribution in [0.4, 0.5) is 0 Å². The highest BCUT2D eigenvalue weighted by Gasteiger charge is 2.29. The van der Waals surface area contributed by atoms with Gasteiger partial charge in [-0.05, 0) is 44.0 Å². The summed E-state index contributed by atoms with van der Waals surface area (Å²) in [5.74, 6) is 0.0620. The van der Waals surface area contributed by atoms with E-state index in [1.165, 1.54) is 6.26 Å². The molecule has 2 aromatic rings. The Labute approximate surface area is 150 Å². The van der Waals surface area contributed by atoms with E-state index in [0.29, 0.717) is 25.0 Å². The van der Waals surface area contributed by atoms with Crippen molar-refractivity contribution in [3.63, 3.8) is 0 Å². The van der Waals surface area contributed by atoms with Crippen LogP contribution in [-0.2, 0) is 19.7 Å². The highest BCUT2D eigenvalue weighted by atomic mass is 32.2. The summed E-state index contributed by atoms with van der Waals surface area (Å²) in [6.07, 6.45) is 4.03. The number of hydrogen-bond acceptors (Lipinski definition) is 5. The van der Waals surface area contributed by atoms with E-state index in [4.69, 9.17) is 0 Å². The Balaban J connectivity index is 2.26. The number of aryl methyl sites for hydroxylation is 1. The Morgan fingerprint density at radius 2 is 1.64 bits per heavy atom. The molecule has 2 rings (SSSR count). The highest BCUT2D eigenvalue weighted by molar-refractivity contribution is 7.91. The van der Waals surface area contributed by atoms with Gasteiger partial charge in [-0.3, -0.25) is 4.98 Å². The van der Waals surface area contributed by atoms with Gasteiger partial charge in [0.2, 0.25) is 0 Å². The Morgan fingerprint density at radius 3 is 2.20 bits per heavy atom. The molecule has 0 N–H and O–H groups in total. The van der Waals surface area contributed by atoms with Crippen molar-refractivity contribution in [1.82, 2.24) is 4.98 Å². The minimum Gasteiger partial charge on any atom is -0.260 e. The molecule has 5 nitrogen and oxygen atoms in total. The van der Waals surface area contributed by atoms with Gasteiger partial charge in [-0.25, -0.2) is 16.8 Å². The second-order valence-electron chi connectivity index (χ2n) is 6.23. The second kappa shape index (κ2) is 8.10. The van der Waals surface area contributed by atoms with E-state index < -0.39 is 24.9 Å². The lowest BCUT2D eigenvalue weighted by Crippen LogP contribution is -2.16. The van der Waals surface area contributed by atoms with Crippen LogP contribution in [-0.4, -0.2) is 33.8 Å². The van der Waals surface area contributed by atoms with E-state index in [0.717, 1.165) is 5.56 Å². The molecule has 25 heavy (non-hydrogen) atoms. The molecule has 1 aromatic carbocycles. The van der Waals surface area contributed by atoms with E-state index in [-0.39, 0.29) is 10.6 Å². The van der Waals surface area contributed by atoms with Gasteiger partial charge in [-0.1, -0.05) is 30.2 Å². The maximum Gasteiger partial charge on any atom is 0.186 e. The lowest BCUT2D eigenvalue weighted by atomic mass is 10.1. The van der Waals surface area contributed by atoms with Gasteiger partial charge in [-0.15, -0.1) is 0 Å². The largest absolute Gasteiger partial charge is 0.260 e. The smallest absolute Gasteiger partial charge is 0.186 e. The topological polar surface area (TPSA) is 81.2 Å². The van der Waals surface area contributed by atoms with Crippen LogP contribution in [0.15, 0.2) is 53.6 Å². The average molecular weight is 382 g/mol. The number of benzene rings is 1. The Bertz CT molecular complexity index is 890. The molecule has 136 valence electrons. The van der Waals surface area contributed by atoms with Crippen LogP contribution in [0.5, 0.6) is 0 Å². The third-order valence-electron chi connectivity index (χ3n) is 3.97. The molecular formula is C18H23NO4S2. The minimum absolute atomic E-state index is 0.0620. The first kappa shape index (κ1) is 19.6. The molecule has 1 heterocycles. The molecule has 0 aliphatic heterocycles. The zero-order valence-corrected chi connectivity index (χ0v) is 16.1. The van der Waals surface area contributed by atoms with Gasteiger partial charge in [0.1, 0.15) is 15.1 Å². The summed E-state index contributed by atoms with van der Waals surface area (Å²) >= 11 is 0. The lowest BCUT2D eigenvalue weighted by molar-refractivity contribution is 0.564. The molecule has 0 saturated heterocycles. The predicted octanol–water partition coefficient (Wildman–Crippen LogP) is 3.12. The van der Waals surface area contributed by atoms with E-state index in [1.54, 1.807) is 48.7 Å². The number of sulfone groups is 2. The van der Waals surface area contributed by atoms with Crippen molar-refractivity contribution in [1.29, 1.82) is 0 Å². The van der Waals surface area contributed by atoms with E-state index in [2.05, 4.69) is 4.98 Å². The van der Waals surface area contributed by atoms with Gasteiger partial charge in [0, 0.05) is 18.2 Å². The van der Waals surface area contributed by atoms with Crippen molar-refractivity contribution in [3.05, 3.63) is 59.9 Å². The van der Waals surface area contributed by atoms with Gasteiger partial charge in [-0.2, -0.15) is 0 Å². The number of pyridine rings is 1. The third-order valence-corrected chi connectivity index (χ3v) is 7.16. The van der Waals surface area contributed by atoms with Crippen molar-refractivity contribution >= 4 is 19.7 Å². The molecule has 0 spiro atoms. The first-order valence-corrected chi connectivity index (χ1v) is 11.7. The summed E-state index contributed by atoms with van der Waals surface area (Å²) in [4.78, 5) is 4.48. The normalized spacial score (nSPS) is 13.5. The molecule has 1 aromatic heterocycles. The zero-order chi connectivity index (χ0) is 18.5. The summed E-state index contributed by atoms with van der Waals surface area (Å²) in [7, 11) is -6.64. The fourth-order valence-electron chi connectivity index (χ4n) is 2.61. The number of nitrogens with zero attached hydrogens (tertiary/aromatic N) is 1. The van der Waals surface area contributed by atoms with Gasteiger partial charge in [0.05, 0.1) is 10.6 Å². The summed E-state index contributed by atoms with van der Waals surface area (Å²) in [5.41, 5.74) is 1.48. The van der Waals surface area contributed by atoms with Gasteiger partial charge in [0.25, 0.3) is 0 Å². The molecular weight excluding hydrogens is 358 g/mol. The summed E-state index contributed by atoms with van der Waals surface area (Å²) in [5, 5.41) is -0.782. The quantitative estimate of drug-likeness (QED) is 0.656. The number of unbranched alkanes of at least 4 members (excludes halogenated alkanes) is 1. The summed E-state index contributed by atoms with van der Waals surface area (Å²) < 4.78 is 48.7. The van der Waals surface area contributed by atoms with E-state index >= 15 is 0 Å². The zero-order valence-electron chi connectivity index (χ0n) is 14.4. The Kier molecular flexibility index (Phi) is 6.35. The van der Waals surface area contributed by atoms with Crippen LogP contribution in [0.1, 0.15) is 35.8 Å². The Hall–Kier alpha value is -1.73. The minimum atomic E-state index is -3.60. The van der Waals surface area contributed by atoms with Crippen molar-refractivity contribution in [2.45, 2.75) is 36.3 Å². The van der Waals surface area contributed by atoms with Crippen LogP contribution < -0.4 is 0 Å². The fraction of sp³-hybridized carbons (Fsp3) is 0.389. The van der Waals surface area contributed by atoms with Crippen LogP contribution in [0.3, 0.4) is 0 Å². The molecule has 0 amide bonds. The number of aromatic nitrogens is 1. The standard InChI is InChI=1S/C18H23NO4S2/c1-15-9-11-16(12-10-15)25(22,23)18(17-7-3-5-13-19-17)8-4-6-14-24(2,20)21/h3,5,7,9-13,18H,4,6,8,14H2,1-2H3. The fourth-order valence-corrected chi connectivity index (χ4v) is 5.12. The number of hydrogen-bond donors (Lipinski definition) is 0. The Morgan fingerprint density at radius 1 is 0.960 bits per heavy atom. The van der Waals surface area contributed by atoms with Gasteiger partial charge < -0.3 is 0 Å². The summed E-state index contributed by atoms with van der Waals surface area (Å²) in [6.45, 7) is 1.90. The lowest BCUT2D eigenvalue weighted by Gasteiger charge is -2.17. The monoisotopic (exact) mass is 381 g/mol. The molecule has 1 atom stereocenters. The SMILES string of the molecule is Cc1ccc(S(=O)(=O)C(CCCCS(C)(=O)=O)c2ccccn2)cc1. The van der Waals surface area contributed by atoms with Crippen LogP contribution in [0.2, 0.25) is 0 Å². The van der Waals surface area contributed by atoms with Crippen LogP contribution in [0.25, 0.3) is 0 Å². The average Bonchev–Trinajstić information content (AvgIpc) is 2.54. The van der Waals surface area contributed by atoms with Crippen molar-refractivity contribution in [3.8, 4) is 0 Å². The molecule has 7 heteroatoms. The highest BCUT2D eigenvalue weighted by Crippen LogP contribution is 2.32. The number of rotatable bonds is 8. The van der Waals surface area contributed by atoms with Crippen molar-refractivity contribution in [2.24, 2.45) is 0 Å². The first-order valence-electron chi connectivity index (χ1n) is 8.09. The van der Waals surface area contributed by atoms with Crippen molar-refractivity contribution < 1.29 is 16.8 Å². The first-order chi connectivity index (χ1) is 11.7. The van der Waals surface area contributed by atoms with Gasteiger partial charge >= 0.3 is 0 Å². The van der Waals surface area contributed by atoms with Crippen LogP contribution in [0, 0.1) is 6.92 Å². The van der Waals surface area contributed by atoms with E-state index in [1.807, 2.05) is 6.92 Å². The third kappa shape index (κ3) is 5.64. The van der Waals surface area contributed by atoms with E-state index in [9.17, 15) is 16.8 Å². The van der Waals surface area contributed by atoms with Crippen molar-refractivity contribution in [2.75, 3.05) is 12.0 Å². The molecule has 0 radical (unpaired) electrons. The second-order valence-corrected chi connectivity index (χ2v) is 10.6. The predicted molar refractivity (Wildman–Crippen MR) is 98.9 cm³/mol. The maximum atomic E-state index is 13.1. The molecule has 0 aliphatic rings. The maximum absolute atomic E-state index is 13.1.